The van der Waals surface area contributed by atoms with E-state index in [1.165, 1.54) is 0 Å². The minimum absolute atomic E-state index is 0.437. The predicted octanol–water partition coefficient (Wildman–Crippen LogP) is 1.77. The molecule has 2 N–H and O–H groups in total. The van der Waals surface area contributed by atoms with Crippen LogP contribution in [0, 0.1) is 0 Å². The summed E-state index contributed by atoms with van der Waals surface area (Å²) in [5, 5.41) is 0. The summed E-state index contributed by atoms with van der Waals surface area (Å²) in [4.78, 5) is 6.29. The van der Waals surface area contributed by atoms with Gasteiger partial charge in [0.25, 0.3) is 0 Å². The highest BCUT2D eigenvalue weighted by atomic mass is 79.9. The monoisotopic (exact) mass is 313 g/mol. The van der Waals surface area contributed by atoms with Gasteiger partial charge in [0.1, 0.15) is 0 Å². The van der Waals surface area contributed by atoms with Gasteiger partial charge in [0, 0.05) is 19.2 Å². The molecular formula is C12H16BrN3O2. The third-order valence-electron chi connectivity index (χ3n) is 3.45. The summed E-state index contributed by atoms with van der Waals surface area (Å²) in [5.41, 5.74) is 7.69. The number of halogens is 1. The van der Waals surface area contributed by atoms with Crippen molar-refractivity contribution in [2.45, 2.75) is 18.6 Å². The first-order valence-electron chi connectivity index (χ1n) is 6.12. The van der Waals surface area contributed by atoms with Crippen LogP contribution in [-0.4, -0.2) is 37.1 Å². The molecule has 98 valence electrons. The fourth-order valence-corrected chi connectivity index (χ4v) is 3.29. The first-order valence-corrected chi connectivity index (χ1v) is 6.91. The van der Waals surface area contributed by atoms with Gasteiger partial charge in [-0.25, -0.2) is 0 Å². The van der Waals surface area contributed by atoms with Gasteiger partial charge in [-0.05, 0) is 22.4 Å². The maximum Gasteiger partial charge on any atom is 0.186 e. The number of nitrogens with two attached hydrogens (primary N) is 1. The Kier molecular flexibility index (Phi) is 3.17. The highest BCUT2D eigenvalue weighted by Gasteiger charge is 2.41. The smallest absolute Gasteiger partial charge is 0.186 e. The molecule has 2 saturated heterocycles. The number of rotatable bonds is 1. The molecule has 2 fully saturated rings. The van der Waals surface area contributed by atoms with Gasteiger partial charge in [0.05, 0.1) is 41.8 Å². The number of hydrogen-bond donors (Lipinski definition) is 1. The van der Waals surface area contributed by atoms with Gasteiger partial charge in [-0.1, -0.05) is 0 Å². The van der Waals surface area contributed by atoms with Gasteiger partial charge in [-0.15, -0.1) is 0 Å². The van der Waals surface area contributed by atoms with E-state index in [0.717, 1.165) is 36.1 Å². The quantitative estimate of drug-likeness (QED) is 0.856. The van der Waals surface area contributed by atoms with Crippen LogP contribution in [0.15, 0.2) is 16.9 Å². The SMILES string of the molecule is Nc1cncc(Br)c1N1CCCC2(C1)OCCO2. The van der Waals surface area contributed by atoms with Crippen LogP contribution in [0.2, 0.25) is 0 Å². The van der Waals surface area contributed by atoms with Crippen LogP contribution in [-0.2, 0) is 9.47 Å². The lowest BCUT2D eigenvalue weighted by molar-refractivity contribution is -0.161. The molecule has 1 aromatic heterocycles. The molecule has 0 unspecified atom stereocenters. The second-order valence-corrected chi connectivity index (χ2v) is 5.55. The van der Waals surface area contributed by atoms with Crippen molar-refractivity contribution in [1.82, 2.24) is 4.98 Å². The maximum absolute atomic E-state index is 6.02. The molecule has 0 amide bonds. The number of aromatic nitrogens is 1. The molecule has 6 heteroatoms. The molecule has 2 aliphatic heterocycles. The van der Waals surface area contributed by atoms with Crippen molar-refractivity contribution < 1.29 is 9.47 Å². The molecule has 0 atom stereocenters. The van der Waals surface area contributed by atoms with Crippen molar-refractivity contribution in [3.63, 3.8) is 0 Å². The Morgan fingerprint density at radius 1 is 1.33 bits per heavy atom. The van der Waals surface area contributed by atoms with Crippen molar-refractivity contribution in [2.24, 2.45) is 0 Å². The molecular weight excluding hydrogens is 298 g/mol. The lowest BCUT2D eigenvalue weighted by Gasteiger charge is -2.40. The highest BCUT2D eigenvalue weighted by Crippen LogP contribution is 2.37. The van der Waals surface area contributed by atoms with E-state index in [9.17, 15) is 0 Å². The zero-order valence-corrected chi connectivity index (χ0v) is 11.6. The molecule has 3 rings (SSSR count). The third-order valence-corrected chi connectivity index (χ3v) is 4.03. The van der Waals surface area contributed by atoms with Gasteiger partial charge in [0.2, 0.25) is 0 Å². The Labute approximate surface area is 114 Å². The van der Waals surface area contributed by atoms with Crippen LogP contribution in [0.5, 0.6) is 0 Å². The van der Waals surface area contributed by atoms with Crippen LogP contribution in [0.25, 0.3) is 0 Å². The summed E-state index contributed by atoms with van der Waals surface area (Å²) in [7, 11) is 0. The fourth-order valence-electron chi connectivity index (χ4n) is 2.69. The lowest BCUT2D eigenvalue weighted by atomic mass is 10.0. The Balaban J connectivity index is 1.88. The number of pyridine rings is 1. The van der Waals surface area contributed by atoms with E-state index in [-0.39, 0.29) is 0 Å². The fraction of sp³-hybridized carbons (Fsp3) is 0.583. The van der Waals surface area contributed by atoms with Crippen molar-refractivity contribution in [3.8, 4) is 0 Å². The molecule has 5 nitrogen and oxygen atoms in total. The maximum atomic E-state index is 6.02. The van der Waals surface area contributed by atoms with Crippen molar-refractivity contribution in [2.75, 3.05) is 36.9 Å². The standard InChI is InChI=1S/C12H16BrN3O2/c13-9-6-15-7-10(14)11(9)16-3-1-2-12(8-16)17-4-5-18-12/h6-7H,1-5,8,14H2. The summed E-state index contributed by atoms with van der Waals surface area (Å²) < 4.78 is 12.5. The van der Waals surface area contributed by atoms with Crippen LogP contribution in [0.4, 0.5) is 11.4 Å². The minimum atomic E-state index is -0.437. The summed E-state index contributed by atoms with van der Waals surface area (Å²) in [6.45, 7) is 3.04. The summed E-state index contributed by atoms with van der Waals surface area (Å²) >= 11 is 3.51. The average Bonchev–Trinajstić information content (AvgIpc) is 2.77. The highest BCUT2D eigenvalue weighted by molar-refractivity contribution is 9.10. The summed E-state index contributed by atoms with van der Waals surface area (Å²) in [5.74, 6) is -0.437. The summed E-state index contributed by atoms with van der Waals surface area (Å²) in [6, 6.07) is 0. The predicted molar refractivity (Wildman–Crippen MR) is 72.4 cm³/mol. The topological polar surface area (TPSA) is 60.6 Å². The number of nitrogens with zero attached hydrogens (tertiary/aromatic N) is 2. The van der Waals surface area contributed by atoms with E-state index in [1.54, 1.807) is 12.4 Å². The van der Waals surface area contributed by atoms with E-state index in [1.807, 2.05) is 0 Å². The Morgan fingerprint density at radius 3 is 2.83 bits per heavy atom. The number of piperidine rings is 1. The van der Waals surface area contributed by atoms with Gasteiger partial charge in [0.15, 0.2) is 5.79 Å². The van der Waals surface area contributed by atoms with Crippen molar-refractivity contribution in [3.05, 3.63) is 16.9 Å². The van der Waals surface area contributed by atoms with Crippen LogP contribution >= 0.6 is 15.9 Å². The first kappa shape index (κ1) is 12.2. The van der Waals surface area contributed by atoms with Crippen LogP contribution < -0.4 is 10.6 Å². The average molecular weight is 314 g/mol. The molecule has 2 aliphatic rings. The molecule has 1 aromatic rings. The zero-order valence-electron chi connectivity index (χ0n) is 10.1. The van der Waals surface area contributed by atoms with E-state index in [2.05, 4.69) is 25.8 Å². The molecule has 0 bridgehead atoms. The van der Waals surface area contributed by atoms with E-state index in [0.29, 0.717) is 18.9 Å². The Hall–Kier alpha value is -0.850. The van der Waals surface area contributed by atoms with Crippen LogP contribution in [0.1, 0.15) is 12.8 Å². The number of nitrogen functional groups attached to an aromatic ring is 1. The molecule has 18 heavy (non-hydrogen) atoms. The summed E-state index contributed by atoms with van der Waals surface area (Å²) in [6.07, 6.45) is 5.43. The third kappa shape index (κ3) is 2.08. The van der Waals surface area contributed by atoms with E-state index >= 15 is 0 Å². The number of ether oxygens (including phenoxy) is 2. The van der Waals surface area contributed by atoms with Gasteiger partial charge < -0.3 is 20.1 Å². The molecule has 3 heterocycles. The van der Waals surface area contributed by atoms with Crippen molar-refractivity contribution >= 4 is 27.3 Å². The minimum Gasteiger partial charge on any atom is -0.396 e. The zero-order chi connectivity index (χ0) is 12.6. The normalized spacial score (nSPS) is 22.6. The largest absolute Gasteiger partial charge is 0.396 e. The second-order valence-electron chi connectivity index (χ2n) is 4.69. The first-order chi connectivity index (χ1) is 8.70. The lowest BCUT2D eigenvalue weighted by Crippen LogP contribution is -2.49. The van der Waals surface area contributed by atoms with Crippen LogP contribution in [0.3, 0.4) is 0 Å². The molecule has 0 aliphatic carbocycles. The van der Waals surface area contributed by atoms with Gasteiger partial charge in [-0.2, -0.15) is 0 Å². The molecule has 0 radical (unpaired) electrons. The Morgan fingerprint density at radius 2 is 2.11 bits per heavy atom. The molecule has 0 saturated carbocycles. The molecule has 0 aromatic carbocycles. The second kappa shape index (κ2) is 4.68. The number of hydrogen-bond acceptors (Lipinski definition) is 5. The van der Waals surface area contributed by atoms with E-state index in [4.69, 9.17) is 15.2 Å². The van der Waals surface area contributed by atoms with Gasteiger partial charge >= 0.3 is 0 Å². The van der Waals surface area contributed by atoms with Gasteiger partial charge in [-0.3, -0.25) is 4.98 Å². The van der Waals surface area contributed by atoms with Crippen molar-refractivity contribution in [1.29, 1.82) is 0 Å². The number of anilines is 2. The molecule has 1 spiro atoms. The van der Waals surface area contributed by atoms with E-state index < -0.39 is 5.79 Å². The Bertz CT molecular complexity index is 429.